The van der Waals surface area contributed by atoms with Crippen LogP contribution in [-0.4, -0.2) is 24.5 Å². The molecule has 1 N–H and O–H groups in total. The molecule has 0 unspecified atom stereocenters. The van der Waals surface area contributed by atoms with Crippen LogP contribution in [0.2, 0.25) is 0 Å². The molecule has 0 heterocycles. The van der Waals surface area contributed by atoms with Crippen molar-refractivity contribution in [3.63, 3.8) is 0 Å². The fourth-order valence-corrected chi connectivity index (χ4v) is 2.17. The molecule has 23 heavy (non-hydrogen) atoms. The van der Waals surface area contributed by atoms with Crippen LogP contribution in [-0.2, 0) is 9.53 Å². The summed E-state index contributed by atoms with van der Waals surface area (Å²) < 4.78 is 18.9. The largest absolute Gasteiger partial charge is 0.467 e. The van der Waals surface area contributed by atoms with E-state index in [1.807, 2.05) is 30.3 Å². The van der Waals surface area contributed by atoms with E-state index in [2.05, 4.69) is 10.1 Å². The monoisotopic (exact) mass is 315 g/mol. The Bertz CT molecular complexity index is 726. The van der Waals surface area contributed by atoms with Crippen LogP contribution in [0, 0.1) is 5.82 Å². The number of benzene rings is 2. The molecular formula is C18H18FNO3. The average molecular weight is 315 g/mol. The summed E-state index contributed by atoms with van der Waals surface area (Å²) in [4.78, 5) is 23.8. The van der Waals surface area contributed by atoms with Gasteiger partial charge in [0.15, 0.2) is 0 Å². The minimum atomic E-state index is -1.24. The van der Waals surface area contributed by atoms with Crippen LogP contribution in [0.1, 0.15) is 24.2 Å². The van der Waals surface area contributed by atoms with Crippen LogP contribution in [0.3, 0.4) is 0 Å². The molecule has 0 spiro atoms. The number of hydrogen-bond donors (Lipinski definition) is 1. The number of esters is 1. The first kappa shape index (κ1) is 16.7. The maximum Gasteiger partial charge on any atom is 0.330 e. The van der Waals surface area contributed by atoms with E-state index in [1.54, 1.807) is 6.07 Å². The first-order valence-electron chi connectivity index (χ1n) is 7.11. The van der Waals surface area contributed by atoms with Crippen LogP contribution < -0.4 is 5.32 Å². The van der Waals surface area contributed by atoms with Crippen molar-refractivity contribution in [2.45, 2.75) is 19.4 Å². The number of carbonyl (C=O) groups is 2. The predicted molar refractivity (Wildman–Crippen MR) is 85.4 cm³/mol. The zero-order chi connectivity index (χ0) is 17.0. The van der Waals surface area contributed by atoms with Crippen molar-refractivity contribution in [3.8, 4) is 11.1 Å². The molecule has 2 rings (SSSR count). The fraction of sp³-hybridized carbons (Fsp3) is 0.222. The third kappa shape index (κ3) is 3.74. The molecular weight excluding hydrogens is 297 g/mol. The Morgan fingerprint density at radius 1 is 1.04 bits per heavy atom. The van der Waals surface area contributed by atoms with E-state index in [9.17, 15) is 14.0 Å². The van der Waals surface area contributed by atoms with Crippen molar-refractivity contribution in [1.29, 1.82) is 0 Å². The lowest BCUT2D eigenvalue weighted by Crippen LogP contribution is -2.50. The molecule has 0 aliphatic carbocycles. The smallest absolute Gasteiger partial charge is 0.330 e. The van der Waals surface area contributed by atoms with E-state index >= 15 is 0 Å². The Kier molecular flexibility index (Phi) is 4.79. The van der Waals surface area contributed by atoms with Gasteiger partial charge in [-0.15, -0.1) is 0 Å². The lowest BCUT2D eigenvalue weighted by molar-refractivity contribution is -0.146. The van der Waals surface area contributed by atoms with Gasteiger partial charge in [0.2, 0.25) is 0 Å². The Morgan fingerprint density at radius 2 is 1.70 bits per heavy atom. The van der Waals surface area contributed by atoms with Gasteiger partial charge in [-0.25, -0.2) is 9.18 Å². The van der Waals surface area contributed by atoms with Gasteiger partial charge in [0.1, 0.15) is 11.4 Å². The molecule has 0 aliphatic rings. The van der Waals surface area contributed by atoms with Gasteiger partial charge >= 0.3 is 5.97 Å². The number of carbonyl (C=O) groups excluding carboxylic acids is 2. The SMILES string of the molecule is COC(=O)C(C)(C)NC(=O)c1ccc(-c2ccccc2)cc1F. The van der Waals surface area contributed by atoms with Gasteiger partial charge in [-0.1, -0.05) is 36.4 Å². The number of methoxy groups -OCH3 is 1. The normalized spacial score (nSPS) is 11.0. The second kappa shape index (κ2) is 6.60. The molecule has 2 aromatic rings. The predicted octanol–water partition coefficient (Wildman–Crippen LogP) is 3.17. The first-order valence-corrected chi connectivity index (χ1v) is 7.11. The lowest BCUT2D eigenvalue weighted by Gasteiger charge is -2.23. The maximum atomic E-state index is 14.3. The minimum Gasteiger partial charge on any atom is -0.467 e. The molecule has 1 amide bonds. The zero-order valence-corrected chi connectivity index (χ0v) is 13.2. The molecule has 0 atom stereocenters. The molecule has 0 bridgehead atoms. The summed E-state index contributed by atoms with van der Waals surface area (Å²) in [5.74, 6) is -1.92. The summed E-state index contributed by atoms with van der Waals surface area (Å²) in [6.07, 6.45) is 0. The highest BCUT2D eigenvalue weighted by Gasteiger charge is 2.31. The summed E-state index contributed by atoms with van der Waals surface area (Å²) in [5, 5.41) is 2.47. The third-order valence-electron chi connectivity index (χ3n) is 3.44. The maximum absolute atomic E-state index is 14.3. The van der Waals surface area contributed by atoms with Gasteiger partial charge in [-0.05, 0) is 37.1 Å². The summed E-state index contributed by atoms with van der Waals surface area (Å²) in [6.45, 7) is 2.99. The van der Waals surface area contributed by atoms with Crippen LogP contribution in [0.4, 0.5) is 4.39 Å². The fourth-order valence-electron chi connectivity index (χ4n) is 2.17. The van der Waals surface area contributed by atoms with E-state index in [-0.39, 0.29) is 5.56 Å². The van der Waals surface area contributed by atoms with Crippen molar-refractivity contribution in [1.82, 2.24) is 5.32 Å². The summed E-state index contributed by atoms with van der Waals surface area (Å²) in [6, 6.07) is 13.7. The van der Waals surface area contributed by atoms with E-state index in [1.165, 1.54) is 33.1 Å². The van der Waals surface area contributed by atoms with Gasteiger partial charge < -0.3 is 10.1 Å². The number of halogens is 1. The van der Waals surface area contributed by atoms with E-state index in [4.69, 9.17) is 0 Å². The summed E-state index contributed by atoms with van der Waals surface area (Å²) in [5.41, 5.74) is 0.165. The number of ether oxygens (including phenoxy) is 1. The molecule has 0 fully saturated rings. The van der Waals surface area contributed by atoms with Gasteiger partial charge in [0.25, 0.3) is 5.91 Å². The summed E-state index contributed by atoms with van der Waals surface area (Å²) >= 11 is 0. The molecule has 0 saturated heterocycles. The minimum absolute atomic E-state index is 0.123. The Balaban J connectivity index is 2.24. The first-order chi connectivity index (χ1) is 10.8. The van der Waals surface area contributed by atoms with Crippen LogP contribution in [0.25, 0.3) is 11.1 Å². The second-order valence-corrected chi connectivity index (χ2v) is 5.63. The molecule has 4 nitrogen and oxygen atoms in total. The standard InChI is InChI=1S/C18H18FNO3/c1-18(2,17(22)23-3)20-16(21)14-10-9-13(11-15(14)19)12-7-5-4-6-8-12/h4-11H,1-3H3,(H,20,21). The Morgan fingerprint density at radius 3 is 2.26 bits per heavy atom. The lowest BCUT2D eigenvalue weighted by atomic mass is 10.0. The highest BCUT2D eigenvalue weighted by Crippen LogP contribution is 2.22. The van der Waals surface area contributed by atoms with Crippen molar-refractivity contribution >= 4 is 11.9 Å². The number of rotatable bonds is 4. The molecule has 120 valence electrons. The van der Waals surface area contributed by atoms with Crippen LogP contribution in [0.15, 0.2) is 48.5 Å². The average Bonchev–Trinajstić information content (AvgIpc) is 2.54. The molecule has 0 aliphatic heterocycles. The van der Waals surface area contributed by atoms with Gasteiger partial charge in [-0.2, -0.15) is 0 Å². The Hall–Kier alpha value is -2.69. The molecule has 0 radical (unpaired) electrons. The quantitative estimate of drug-likeness (QED) is 0.882. The molecule has 5 heteroatoms. The Labute approximate surface area is 134 Å². The third-order valence-corrected chi connectivity index (χ3v) is 3.44. The number of hydrogen-bond acceptors (Lipinski definition) is 3. The van der Waals surface area contributed by atoms with Crippen molar-refractivity contribution in [3.05, 3.63) is 59.9 Å². The highest BCUT2D eigenvalue weighted by molar-refractivity contribution is 5.98. The van der Waals surface area contributed by atoms with Gasteiger partial charge in [0, 0.05) is 0 Å². The summed E-state index contributed by atoms with van der Waals surface area (Å²) in [7, 11) is 1.23. The van der Waals surface area contributed by atoms with E-state index in [0.29, 0.717) is 5.56 Å². The van der Waals surface area contributed by atoms with Crippen LogP contribution >= 0.6 is 0 Å². The van der Waals surface area contributed by atoms with Gasteiger partial charge in [0.05, 0.1) is 12.7 Å². The molecule has 0 saturated carbocycles. The van der Waals surface area contributed by atoms with Gasteiger partial charge in [-0.3, -0.25) is 4.79 Å². The number of amides is 1. The van der Waals surface area contributed by atoms with E-state index < -0.39 is 23.2 Å². The molecule has 0 aromatic heterocycles. The molecule has 2 aromatic carbocycles. The van der Waals surface area contributed by atoms with E-state index in [0.717, 1.165) is 5.56 Å². The van der Waals surface area contributed by atoms with Crippen molar-refractivity contribution < 1.29 is 18.7 Å². The van der Waals surface area contributed by atoms with Crippen molar-refractivity contribution in [2.24, 2.45) is 0 Å². The highest BCUT2D eigenvalue weighted by atomic mass is 19.1. The van der Waals surface area contributed by atoms with Crippen LogP contribution in [0.5, 0.6) is 0 Å². The zero-order valence-electron chi connectivity index (χ0n) is 13.2. The van der Waals surface area contributed by atoms with Crippen molar-refractivity contribution in [2.75, 3.05) is 7.11 Å². The topological polar surface area (TPSA) is 55.4 Å². The number of nitrogens with one attached hydrogen (secondary N) is 1. The second-order valence-electron chi connectivity index (χ2n) is 5.63.